The Labute approximate surface area is 155 Å². The van der Waals surface area contributed by atoms with Crippen molar-refractivity contribution in [1.29, 1.82) is 0 Å². The molecule has 3 rings (SSSR count). The van der Waals surface area contributed by atoms with E-state index in [-0.39, 0.29) is 22.2 Å². The molecule has 2 N–H and O–H groups in total. The van der Waals surface area contributed by atoms with Gasteiger partial charge in [-0.3, -0.25) is 4.79 Å². The third-order valence-corrected chi connectivity index (χ3v) is 4.90. The summed E-state index contributed by atoms with van der Waals surface area (Å²) in [5.41, 5.74) is 0.367. The number of amides is 1. The third-order valence-electron chi connectivity index (χ3n) is 4.59. The Kier molecular flexibility index (Phi) is 5.44. The van der Waals surface area contributed by atoms with E-state index in [1.165, 1.54) is 6.07 Å². The maximum Gasteiger partial charge on any atom is 0.349 e. The second-order valence-corrected chi connectivity index (χ2v) is 6.98. The summed E-state index contributed by atoms with van der Waals surface area (Å²) in [6, 6.07) is 4.29. The third kappa shape index (κ3) is 3.81. The number of piperidine rings is 1. The Morgan fingerprint density at radius 3 is 2.73 bits per heavy atom. The van der Waals surface area contributed by atoms with E-state index in [1.807, 2.05) is 0 Å². The van der Waals surface area contributed by atoms with Gasteiger partial charge in [0.05, 0.1) is 10.7 Å². The van der Waals surface area contributed by atoms with Crippen molar-refractivity contribution < 1.29 is 13.6 Å². The van der Waals surface area contributed by atoms with Crippen molar-refractivity contribution in [3.8, 4) is 0 Å². The van der Waals surface area contributed by atoms with Gasteiger partial charge in [0.15, 0.2) is 0 Å². The number of carbonyl (C=O) groups excluding carboxylic acids is 1. The minimum Gasteiger partial charge on any atom is -0.427 e. The molecule has 1 aromatic heterocycles. The van der Waals surface area contributed by atoms with Crippen LogP contribution in [0.2, 0.25) is 5.02 Å². The summed E-state index contributed by atoms with van der Waals surface area (Å²) in [6.45, 7) is 4.97. The summed E-state index contributed by atoms with van der Waals surface area (Å²) in [5, 5.41) is 5.90. The van der Waals surface area contributed by atoms with E-state index in [0.717, 1.165) is 32.0 Å². The number of halogens is 2. The van der Waals surface area contributed by atoms with Crippen LogP contribution in [0, 0.1) is 19.7 Å². The van der Waals surface area contributed by atoms with Gasteiger partial charge in [-0.1, -0.05) is 11.6 Å². The van der Waals surface area contributed by atoms with Crippen molar-refractivity contribution in [2.75, 3.05) is 18.4 Å². The molecular formula is C19H20ClFN2O3. The SMILES string of the molecule is Cc1cc(NC(=O)c2c(C)cc(C3CCCNC3)oc2=O)c(Cl)cc1F. The first-order valence-corrected chi connectivity index (χ1v) is 8.87. The van der Waals surface area contributed by atoms with Gasteiger partial charge < -0.3 is 15.1 Å². The van der Waals surface area contributed by atoms with Crippen molar-refractivity contribution >= 4 is 23.2 Å². The molecule has 138 valence electrons. The van der Waals surface area contributed by atoms with Crippen LogP contribution in [0.5, 0.6) is 0 Å². The first-order valence-electron chi connectivity index (χ1n) is 8.49. The van der Waals surface area contributed by atoms with Crippen LogP contribution in [-0.4, -0.2) is 19.0 Å². The van der Waals surface area contributed by atoms with Crippen molar-refractivity contribution in [3.63, 3.8) is 0 Å². The van der Waals surface area contributed by atoms with E-state index in [9.17, 15) is 14.0 Å². The molecule has 1 amide bonds. The standard InChI is InChI=1S/C19H20ClFN2O3/c1-10-6-15(13(20)8-14(10)21)23-18(24)17-11(2)7-16(26-19(17)25)12-4-3-5-22-9-12/h6-8,12,22H,3-5,9H2,1-2H3,(H,23,24). The fourth-order valence-electron chi connectivity index (χ4n) is 3.14. The zero-order valence-electron chi connectivity index (χ0n) is 14.6. The van der Waals surface area contributed by atoms with Gasteiger partial charge in [0, 0.05) is 12.5 Å². The van der Waals surface area contributed by atoms with Gasteiger partial charge in [-0.05, 0) is 62.6 Å². The molecule has 0 saturated carbocycles. The summed E-state index contributed by atoms with van der Waals surface area (Å²) < 4.78 is 18.9. The summed E-state index contributed by atoms with van der Waals surface area (Å²) in [7, 11) is 0. The van der Waals surface area contributed by atoms with Gasteiger partial charge in [0.2, 0.25) is 0 Å². The number of hydrogen-bond acceptors (Lipinski definition) is 4. The smallest absolute Gasteiger partial charge is 0.349 e. The van der Waals surface area contributed by atoms with Gasteiger partial charge in [-0.15, -0.1) is 0 Å². The lowest BCUT2D eigenvalue weighted by Crippen LogP contribution is -2.30. The van der Waals surface area contributed by atoms with E-state index < -0.39 is 17.3 Å². The minimum absolute atomic E-state index is 0.0633. The molecule has 0 radical (unpaired) electrons. The van der Waals surface area contributed by atoms with Crippen LogP contribution in [0.4, 0.5) is 10.1 Å². The highest BCUT2D eigenvalue weighted by molar-refractivity contribution is 6.34. The molecule has 1 unspecified atom stereocenters. The highest BCUT2D eigenvalue weighted by atomic mass is 35.5. The van der Waals surface area contributed by atoms with Gasteiger partial charge in [-0.25, -0.2) is 9.18 Å². The van der Waals surface area contributed by atoms with Crippen LogP contribution in [-0.2, 0) is 0 Å². The van der Waals surface area contributed by atoms with Crippen molar-refractivity contribution in [2.24, 2.45) is 0 Å². The van der Waals surface area contributed by atoms with Crippen molar-refractivity contribution in [2.45, 2.75) is 32.6 Å². The average molecular weight is 379 g/mol. The maximum atomic E-state index is 13.5. The zero-order chi connectivity index (χ0) is 18.8. The Bertz CT molecular complexity index is 904. The molecule has 0 aliphatic carbocycles. The van der Waals surface area contributed by atoms with Crippen LogP contribution in [0.25, 0.3) is 0 Å². The quantitative estimate of drug-likeness (QED) is 0.852. The highest BCUT2D eigenvalue weighted by Crippen LogP contribution is 2.27. The zero-order valence-corrected chi connectivity index (χ0v) is 15.4. The molecule has 1 atom stereocenters. The molecule has 5 nitrogen and oxygen atoms in total. The Balaban J connectivity index is 1.88. The largest absolute Gasteiger partial charge is 0.427 e. The summed E-state index contributed by atoms with van der Waals surface area (Å²) in [4.78, 5) is 25.0. The average Bonchev–Trinajstić information content (AvgIpc) is 2.59. The molecular weight excluding hydrogens is 359 g/mol. The van der Waals surface area contributed by atoms with Crippen LogP contribution in [0.15, 0.2) is 27.4 Å². The van der Waals surface area contributed by atoms with Gasteiger partial charge in [-0.2, -0.15) is 0 Å². The molecule has 0 spiro atoms. The number of rotatable bonds is 3. The fraction of sp³-hybridized carbons (Fsp3) is 0.368. The second kappa shape index (κ2) is 7.60. The number of hydrogen-bond donors (Lipinski definition) is 2. The summed E-state index contributed by atoms with van der Waals surface area (Å²) in [6.07, 6.45) is 1.95. The number of carbonyl (C=O) groups is 1. The van der Waals surface area contributed by atoms with E-state index >= 15 is 0 Å². The Hall–Kier alpha value is -2.18. The molecule has 2 aromatic rings. The molecule has 1 fully saturated rings. The van der Waals surface area contributed by atoms with Crippen LogP contribution >= 0.6 is 11.6 Å². The van der Waals surface area contributed by atoms with E-state index in [0.29, 0.717) is 16.9 Å². The summed E-state index contributed by atoms with van der Waals surface area (Å²) in [5.74, 6) is -0.375. The van der Waals surface area contributed by atoms with Crippen LogP contribution in [0.1, 0.15) is 46.0 Å². The molecule has 2 heterocycles. The minimum atomic E-state index is -0.682. The Morgan fingerprint density at radius 1 is 1.31 bits per heavy atom. The monoisotopic (exact) mass is 378 g/mol. The molecule has 26 heavy (non-hydrogen) atoms. The van der Waals surface area contributed by atoms with Crippen molar-refractivity contribution in [1.82, 2.24) is 5.32 Å². The number of benzene rings is 1. The van der Waals surface area contributed by atoms with E-state index in [2.05, 4.69) is 10.6 Å². The van der Waals surface area contributed by atoms with Gasteiger partial charge >= 0.3 is 5.63 Å². The predicted octanol–water partition coefficient (Wildman–Crippen LogP) is 3.77. The highest BCUT2D eigenvalue weighted by Gasteiger charge is 2.23. The molecule has 1 aliphatic rings. The lowest BCUT2D eigenvalue weighted by Gasteiger charge is -2.22. The lowest BCUT2D eigenvalue weighted by molar-refractivity contribution is 0.102. The normalized spacial score (nSPS) is 17.2. The van der Waals surface area contributed by atoms with Crippen LogP contribution in [0.3, 0.4) is 0 Å². The first-order chi connectivity index (χ1) is 12.4. The molecule has 7 heteroatoms. The number of nitrogens with one attached hydrogen (secondary N) is 2. The second-order valence-electron chi connectivity index (χ2n) is 6.57. The molecule has 1 saturated heterocycles. The molecule has 0 bridgehead atoms. The Morgan fingerprint density at radius 2 is 2.08 bits per heavy atom. The van der Waals surface area contributed by atoms with Gasteiger partial charge in [0.1, 0.15) is 17.1 Å². The number of aryl methyl sites for hydroxylation is 2. The van der Waals surface area contributed by atoms with Crippen LogP contribution < -0.4 is 16.3 Å². The molecule has 1 aromatic carbocycles. The van der Waals surface area contributed by atoms with Crippen molar-refractivity contribution in [3.05, 3.63) is 61.9 Å². The lowest BCUT2D eigenvalue weighted by atomic mass is 9.95. The van der Waals surface area contributed by atoms with E-state index in [4.69, 9.17) is 16.0 Å². The first kappa shape index (κ1) is 18.6. The fourth-order valence-corrected chi connectivity index (χ4v) is 3.34. The maximum absolute atomic E-state index is 13.5. The molecule has 1 aliphatic heterocycles. The number of anilines is 1. The predicted molar refractivity (Wildman–Crippen MR) is 98.7 cm³/mol. The van der Waals surface area contributed by atoms with E-state index in [1.54, 1.807) is 19.9 Å². The summed E-state index contributed by atoms with van der Waals surface area (Å²) >= 11 is 5.98. The van der Waals surface area contributed by atoms with Gasteiger partial charge in [0.25, 0.3) is 5.91 Å². The topological polar surface area (TPSA) is 71.3 Å².